The molecular weight excluding hydrogens is 261 g/mol. The van der Waals surface area contributed by atoms with Crippen LogP contribution in [0.4, 0.5) is 4.39 Å². The minimum absolute atomic E-state index is 0.169. The van der Waals surface area contributed by atoms with Crippen molar-refractivity contribution < 1.29 is 32.9 Å². The molecule has 0 heterocycles. The van der Waals surface area contributed by atoms with Crippen molar-refractivity contribution in [3.05, 3.63) is 0 Å². The summed E-state index contributed by atoms with van der Waals surface area (Å²) < 4.78 is 31.8. The highest BCUT2D eigenvalue weighted by molar-refractivity contribution is 5.69. The van der Waals surface area contributed by atoms with Crippen LogP contribution in [0.15, 0.2) is 0 Å². The quantitative estimate of drug-likeness (QED) is 0.243. The SMILES string of the molecule is O=CNCCOCCOCCOCCOCC(=O)F. The Hall–Kier alpha value is -1.09. The van der Waals surface area contributed by atoms with E-state index in [1.54, 1.807) is 0 Å². The van der Waals surface area contributed by atoms with E-state index in [0.29, 0.717) is 46.0 Å². The summed E-state index contributed by atoms with van der Waals surface area (Å²) in [5.41, 5.74) is 0. The average molecular weight is 281 g/mol. The smallest absolute Gasteiger partial charge is 0.326 e. The molecule has 19 heavy (non-hydrogen) atoms. The molecule has 0 saturated heterocycles. The predicted octanol–water partition coefficient (Wildman–Crippen LogP) is -0.705. The molecular formula is C11H20FNO6. The van der Waals surface area contributed by atoms with Crippen LogP contribution in [0.1, 0.15) is 0 Å². The molecule has 0 aromatic carbocycles. The topological polar surface area (TPSA) is 83.1 Å². The van der Waals surface area contributed by atoms with Crippen molar-refractivity contribution in [1.29, 1.82) is 0 Å². The summed E-state index contributed by atoms with van der Waals surface area (Å²) in [7, 11) is 0. The predicted molar refractivity (Wildman–Crippen MR) is 63.5 cm³/mol. The standard InChI is InChI=1S/C11H20FNO6/c12-11(15)9-19-8-7-18-6-5-17-4-3-16-2-1-13-10-14/h10H,1-9H2,(H,13,14). The molecule has 0 spiro atoms. The van der Waals surface area contributed by atoms with Gasteiger partial charge in [-0.05, 0) is 0 Å². The second-order valence-corrected chi connectivity index (χ2v) is 3.32. The number of rotatable bonds is 15. The van der Waals surface area contributed by atoms with Crippen molar-refractivity contribution in [2.24, 2.45) is 0 Å². The molecule has 1 N–H and O–H groups in total. The average Bonchev–Trinajstić information content (AvgIpc) is 2.39. The van der Waals surface area contributed by atoms with Crippen LogP contribution in [-0.4, -0.2) is 71.8 Å². The Morgan fingerprint density at radius 2 is 1.37 bits per heavy atom. The van der Waals surface area contributed by atoms with Gasteiger partial charge in [-0.25, -0.2) is 0 Å². The summed E-state index contributed by atoms with van der Waals surface area (Å²) >= 11 is 0. The molecule has 0 aliphatic carbocycles. The summed E-state index contributed by atoms with van der Waals surface area (Å²) in [4.78, 5) is 19.8. The van der Waals surface area contributed by atoms with Crippen LogP contribution in [0.3, 0.4) is 0 Å². The number of halogens is 1. The summed E-state index contributed by atoms with van der Waals surface area (Å²) in [5.74, 6) is 0. The molecule has 0 aliphatic rings. The summed E-state index contributed by atoms with van der Waals surface area (Å²) in [6, 6.07) is -1.49. The van der Waals surface area contributed by atoms with Crippen LogP contribution in [0.2, 0.25) is 0 Å². The van der Waals surface area contributed by atoms with E-state index in [1.807, 2.05) is 0 Å². The minimum atomic E-state index is -1.49. The molecule has 0 aromatic rings. The molecule has 0 fully saturated rings. The lowest BCUT2D eigenvalue weighted by molar-refractivity contribution is -0.134. The van der Waals surface area contributed by atoms with Gasteiger partial charge in [0.1, 0.15) is 6.61 Å². The lowest BCUT2D eigenvalue weighted by Gasteiger charge is -2.06. The molecule has 0 atom stereocenters. The molecule has 0 aromatic heterocycles. The number of hydrogen-bond donors (Lipinski definition) is 1. The van der Waals surface area contributed by atoms with Crippen molar-refractivity contribution >= 4 is 12.4 Å². The number of hydrogen-bond acceptors (Lipinski definition) is 6. The van der Waals surface area contributed by atoms with Gasteiger partial charge < -0.3 is 24.3 Å². The van der Waals surface area contributed by atoms with Crippen molar-refractivity contribution in [2.45, 2.75) is 0 Å². The minimum Gasteiger partial charge on any atom is -0.377 e. The first kappa shape index (κ1) is 17.9. The maximum absolute atomic E-state index is 11.7. The normalized spacial score (nSPS) is 10.4. The fourth-order valence-electron chi connectivity index (χ4n) is 1.00. The van der Waals surface area contributed by atoms with Crippen LogP contribution < -0.4 is 5.32 Å². The van der Waals surface area contributed by atoms with Gasteiger partial charge in [-0.1, -0.05) is 0 Å². The third kappa shape index (κ3) is 16.9. The van der Waals surface area contributed by atoms with Crippen LogP contribution in [0.5, 0.6) is 0 Å². The Labute approximate surface area is 111 Å². The summed E-state index contributed by atoms with van der Waals surface area (Å²) in [6.07, 6.45) is 0.615. The largest absolute Gasteiger partial charge is 0.377 e. The molecule has 0 saturated carbocycles. The Balaban J connectivity index is 2.95. The monoisotopic (exact) mass is 281 g/mol. The van der Waals surface area contributed by atoms with Crippen molar-refractivity contribution in [1.82, 2.24) is 5.32 Å². The van der Waals surface area contributed by atoms with E-state index in [0.717, 1.165) is 0 Å². The van der Waals surface area contributed by atoms with E-state index in [2.05, 4.69) is 10.1 Å². The zero-order valence-corrected chi connectivity index (χ0v) is 10.8. The Kier molecular flexibility index (Phi) is 14.1. The number of carbonyl (C=O) groups excluding carboxylic acids is 2. The fraction of sp³-hybridized carbons (Fsp3) is 0.818. The zero-order chi connectivity index (χ0) is 14.2. The third-order valence-corrected chi connectivity index (χ3v) is 1.81. The van der Waals surface area contributed by atoms with Gasteiger partial charge in [-0.3, -0.25) is 9.59 Å². The van der Waals surface area contributed by atoms with E-state index in [-0.39, 0.29) is 13.2 Å². The van der Waals surface area contributed by atoms with Gasteiger partial charge in [0.15, 0.2) is 0 Å². The Morgan fingerprint density at radius 1 is 0.895 bits per heavy atom. The van der Waals surface area contributed by atoms with Crippen LogP contribution in [-0.2, 0) is 28.5 Å². The number of carbonyl (C=O) groups is 2. The van der Waals surface area contributed by atoms with Gasteiger partial charge in [0.05, 0.1) is 46.2 Å². The van der Waals surface area contributed by atoms with Crippen LogP contribution in [0, 0.1) is 0 Å². The van der Waals surface area contributed by atoms with E-state index in [1.165, 1.54) is 0 Å². The van der Waals surface area contributed by atoms with E-state index >= 15 is 0 Å². The Morgan fingerprint density at radius 3 is 1.84 bits per heavy atom. The van der Waals surface area contributed by atoms with Gasteiger partial charge in [-0.2, -0.15) is 4.39 Å². The number of nitrogens with one attached hydrogen (secondary N) is 1. The van der Waals surface area contributed by atoms with E-state index in [9.17, 15) is 14.0 Å². The Bertz CT molecular complexity index is 229. The second kappa shape index (κ2) is 15.0. The molecule has 0 radical (unpaired) electrons. The van der Waals surface area contributed by atoms with E-state index < -0.39 is 12.6 Å². The highest BCUT2D eigenvalue weighted by Crippen LogP contribution is 1.83. The lowest BCUT2D eigenvalue weighted by Crippen LogP contribution is -2.19. The van der Waals surface area contributed by atoms with Crippen molar-refractivity contribution in [2.75, 3.05) is 59.4 Å². The number of amides is 1. The molecule has 7 nitrogen and oxygen atoms in total. The fourth-order valence-corrected chi connectivity index (χ4v) is 1.00. The molecule has 8 heteroatoms. The van der Waals surface area contributed by atoms with Crippen LogP contribution in [0.25, 0.3) is 0 Å². The maximum Gasteiger partial charge on any atom is 0.326 e. The van der Waals surface area contributed by atoms with Crippen molar-refractivity contribution in [3.8, 4) is 0 Å². The molecule has 112 valence electrons. The first-order valence-corrected chi connectivity index (χ1v) is 5.93. The van der Waals surface area contributed by atoms with Crippen LogP contribution >= 0.6 is 0 Å². The zero-order valence-electron chi connectivity index (χ0n) is 10.8. The third-order valence-electron chi connectivity index (χ3n) is 1.81. The molecule has 0 aliphatic heterocycles. The van der Waals surface area contributed by atoms with Gasteiger partial charge >= 0.3 is 6.04 Å². The second-order valence-electron chi connectivity index (χ2n) is 3.32. The molecule has 0 unspecified atom stereocenters. The maximum atomic E-state index is 11.7. The first-order valence-electron chi connectivity index (χ1n) is 5.93. The number of ether oxygens (including phenoxy) is 4. The van der Waals surface area contributed by atoms with Gasteiger partial charge in [0.2, 0.25) is 6.41 Å². The van der Waals surface area contributed by atoms with Gasteiger partial charge in [0, 0.05) is 6.54 Å². The van der Waals surface area contributed by atoms with Gasteiger partial charge in [0.25, 0.3) is 0 Å². The summed E-state index contributed by atoms with van der Waals surface area (Å²) in [6.45, 7) is 2.54. The van der Waals surface area contributed by atoms with Crippen molar-refractivity contribution in [3.63, 3.8) is 0 Å². The highest BCUT2D eigenvalue weighted by Gasteiger charge is 1.97. The van der Waals surface area contributed by atoms with Gasteiger partial charge in [-0.15, -0.1) is 0 Å². The first-order chi connectivity index (χ1) is 9.27. The molecule has 0 bridgehead atoms. The molecule has 0 rings (SSSR count). The molecule has 1 amide bonds. The highest BCUT2D eigenvalue weighted by atomic mass is 19.1. The van der Waals surface area contributed by atoms with E-state index in [4.69, 9.17) is 14.2 Å². The summed E-state index contributed by atoms with van der Waals surface area (Å²) in [5, 5.41) is 2.47. The lowest BCUT2D eigenvalue weighted by atomic mass is 10.6.